The van der Waals surface area contributed by atoms with Crippen molar-refractivity contribution < 1.29 is 23.9 Å². The summed E-state index contributed by atoms with van der Waals surface area (Å²) < 4.78 is 8.58. The van der Waals surface area contributed by atoms with Gasteiger partial charge < -0.3 is 9.47 Å². The molecule has 0 unspecified atom stereocenters. The van der Waals surface area contributed by atoms with Crippen molar-refractivity contribution in [3.8, 4) is 0 Å². The van der Waals surface area contributed by atoms with E-state index in [1.165, 1.54) is 0 Å². The first-order valence-corrected chi connectivity index (χ1v) is 3.81. The van der Waals surface area contributed by atoms with E-state index in [2.05, 4.69) is 14.8 Å². The molecule has 72 valence electrons. The number of nitrogens with one attached hydrogen (secondary N) is 1. The molecule has 0 radical (unpaired) electrons. The number of hydrogen-bond acceptors (Lipinski definition) is 5. The first kappa shape index (κ1) is 9.50. The van der Waals surface area contributed by atoms with E-state index in [1.54, 1.807) is 0 Å². The molecule has 0 saturated carbocycles. The molecule has 0 bridgehead atoms. The zero-order valence-electron chi connectivity index (χ0n) is 6.87. The molecule has 2 amide bonds. The molecule has 13 heavy (non-hydrogen) atoms. The highest BCUT2D eigenvalue weighted by atomic mass is 16.8. The summed E-state index contributed by atoms with van der Waals surface area (Å²) in [6.45, 7) is 0.831. The fraction of sp³-hybridized carbons (Fsp3) is 0.571. The molecule has 2 fully saturated rings. The molecule has 0 spiro atoms. The number of carbonyl (C=O) groups excluding carboxylic acids is 3. The van der Waals surface area contributed by atoms with E-state index in [4.69, 9.17) is 0 Å². The summed E-state index contributed by atoms with van der Waals surface area (Å²) in [6, 6.07) is 0. The smallest absolute Gasteiger partial charge is 0.431 e. The highest BCUT2D eigenvalue weighted by molar-refractivity contribution is 6.01. The van der Waals surface area contributed by atoms with Gasteiger partial charge in [-0.05, 0) is 0 Å². The van der Waals surface area contributed by atoms with Crippen LogP contribution >= 0.6 is 0 Å². The second-order valence-corrected chi connectivity index (χ2v) is 2.42. The highest BCUT2D eigenvalue weighted by Crippen LogP contribution is 1.95. The van der Waals surface area contributed by atoms with E-state index in [1.807, 2.05) is 0 Å². The molecule has 6 nitrogen and oxygen atoms in total. The Bertz CT molecular complexity index is 215. The van der Waals surface area contributed by atoms with E-state index < -0.39 is 6.16 Å². The zero-order chi connectivity index (χ0) is 9.68. The molecular formula is C7H9NO5. The summed E-state index contributed by atoms with van der Waals surface area (Å²) >= 11 is 0. The Kier molecular flexibility index (Phi) is 3.24. The van der Waals surface area contributed by atoms with Crippen LogP contribution in [-0.2, 0) is 19.1 Å². The number of rotatable bonds is 0. The van der Waals surface area contributed by atoms with Gasteiger partial charge in [-0.2, -0.15) is 0 Å². The maximum Gasteiger partial charge on any atom is 0.508 e. The Morgan fingerprint density at radius 2 is 1.38 bits per heavy atom. The van der Waals surface area contributed by atoms with Gasteiger partial charge in [0.25, 0.3) is 0 Å². The van der Waals surface area contributed by atoms with E-state index in [-0.39, 0.29) is 11.8 Å². The average molecular weight is 187 g/mol. The van der Waals surface area contributed by atoms with Crippen LogP contribution in [0.4, 0.5) is 4.79 Å². The molecule has 2 saturated heterocycles. The Balaban J connectivity index is 0.000000132. The van der Waals surface area contributed by atoms with E-state index in [9.17, 15) is 14.4 Å². The van der Waals surface area contributed by atoms with Crippen molar-refractivity contribution in [1.82, 2.24) is 5.32 Å². The predicted octanol–water partition coefficient (Wildman–Crippen LogP) is -0.424. The molecule has 0 atom stereocenters. The fourth-order valence-electron chi connectivity index (χ4n) is 0.799. The highest BCUT2D eigenvalue weighted by Gasteiger charge is 2.15. The maximum absolute atomic E-state index is 10.1. The predicted molar refractivity (Wildman–Crippen MR) is 39.7 cm³/mol. The normalized spacial score (nSPS) is 19.8. The third kappa shape index (κ3) is 3.55. The largest absolute Gasteiger partial charge is 0.508 e. The summed E-state index contributed by atoms with van der Waals surface area (Å²) in [4.78, 5) is 30.0. The van der Waals surface area contributed by atoms with Crippen molar-refractivity contribution in [2.75, 3.05) is 13.2 Å². The van der Waals surface area contributed by atoms with Crippen molar-refractivity contribution in [3.63, 3.8) is 0 Å². The standard InChI is InChI=1S/C4H5NO2.C3H4O3/c6-3-1-2-4(7)5-3;4-3-5-1-2-6-3/h1-2H2,(H,5,6,7);1-2H2. The number of carbonyl (C=O) groups is 3. The van der Waals surface area contributed by atoms with Crippen molar-refractivity contribution >= 4 is 18.0 Å². The lowest BCUT2D eigenvalue weighted by Gasteiger charge is -1.79. The molecular weight excluding hydrogens is 178 g/mol. The topological polar surface area (TPSA) is 81.7 Å². The van der Waals surface area contributed by atoms with Crippen LogP contribution in [0, 0.1) is 0 Å². The summed E-state index contributed by atoms with van der Waals surface area (Å²) in [6.07, 6.45) is 0.201. The summed E-state index contributed by atoms with van der Waals surface area (Å²) in [7, 11) is 0. The van der Waals surface area contributed by atoms with E-state index in [0.29, 0.717) is 26.1 Å². The van der Waals surface area contributed by atoms with Crippen LogP contribution in [0.25, 0.3) is 0 Å². The molecule has 1 N–H and O–H groups in total. The number of cyclic esters (lactones) is 2. The number of hydrogen-bond donors (Lipinski definition) is 1. The van der Waals surface area contributed by atoms with Crippen LogP contribution in [0.1, 0.15) is 12.8 Å². The van der Waals surface area contributed by atoms with Gasteiger partial charge >= 0.3 is 6.16 Å². The van der Waals surface area contributed by atoms with Gasteiger partial charge in [0, 0.05) is 12.8 Å². The van der Waals surface area contributed by atoms with Crippen molar-refractivity contribution in [1.29, 1.82) is 0 Å². The summed E-state index contributed by atoms with van der Waals surface area (Å²) in [5.74, 6) is -0.296. The van der Waals surface area contributed by atoms with Gasteiger partial charge in [-0.3, -0.25) is 14.9 Å². The van der Waals surface area contributed by atoms with Gasteiger partial charge in [0.2, 0.25) is 11.8 Å². The van der Waals surface area contributed by atoms with Crippen LogP contribution in [0.2, 0.25) is 0 Å². The van der Waals surface area contributed by atoms with E-state index in [0.717, 1.165) is 0 Å². The Hall–Kier alpha value is -1.59. The molecule has 2 heterocycles. The van der Waals surface area contributed by atoms with E-state index >= 15 is 0 Å². The number of amides is 2. The van der Waals surface area contributed by atoms with Crippen molar-refractivity contribution in [3.05, 3.63) is 0 Å². The zero-order valence-corrected chi connectivity index (χ0v) is 6.87. The summed E-state index contributed by atoms with van der Waals surface area (Å²) in [5.41, 5.74) is 0. The molecule has 6 heteroatoms. The summed E-state index contributed by atoms with van der Waals surface area (Å²) in [5, 5.41) is 2.14. The molecule has 2 aliphatic heterocycles. The van der Waals surface area contributed by atoms with Gasteiger partial charge in [0.05, 0.1) is 0 Å². The Labute approximate surface area is 74.2 Å². The second-order valence-electron chi connectivity index (χ2n) is 2.42. The first-order chi connectivity index (χ1) is 6.18. The monoisotopic (exact) mass is 187 g/mol. The van der Waals surface area contributed by atoms with Crippen LogP contribution in [0.3, 0.4) is 0 Å². The minimum absolute atomic E-state index is 0.148. The number of imide groups is 1. The molecule has 0 aromatic carbocycles. The first-order valence-electron chi connectivity index (χ1n) is 3.81. The average Bonchev–Trinajstić information content (AvgIpc) is 2.64. The quantitative estimate of drug-likeness (QED) is 0.411. The van der Waals surface area contributed by atoms with Gasteiger partial charge in [-0.25, -0.2) is 4.79 Å². The third-order valence-electron chi connectivity index (χ3n) is 1.38. The minimum Gasteiger partial charge on any atom is -0.431 e. The minimum atomic E-state index is -0.546. The molecule has 2 aliphatic rings. The lowest BCUT2D eigenvalue weighted by molar-refractivity contribution is -0.124. The SMILES string of the molecule is O=C1CCC(=O)N1.O=C1OCCO1. The molecule has 0 aromatic rings. The molecule has 0 aliphatic carbocycles. The third-order valence-corrected chi connectivity index (χ3v) is 1.38. The van der Waals surface area contributed by atoms with Gasteiger partial charge in [-0.1, -0.05) is 0 Å². The maximum atomic E-state index is 10.1. The fourth-order valence-corrected chi connectivity index (χ4v) is 0.799. The Morgan fingerprint density at radius 1 is 0.923 bits per heavy atom. The van der Waals surface area contributed by atoms with Crippen LogP contribution in [0.15, 0.2) is 0 Å². The molecule has 2 rings (SSSR count). The van der Waals surface area contributed by atoms with Gasteiger partial charge in [0.1, 0.15) is 13.2 Å². The molecule has 0 aromatic heterocycles. The Morgan fingerprint density at radius 3 is 1.54 bits per heavy atom. The lowest BCUT2D eigenvalue weighted by Crippen LogP contribution is -2.18. The van der Waals surface area contributed by atoms with Crippen molar-refractivity contribution in [2.45, 2.75) is 12.8 Å². The van der Waals surface area contributed by atoms with Crippen LogP contribution in [0.5, 0.6) is 0 Å². The second kappa shape index (κ2) is 4.44. The number of ether oxygens (including phenoxy) is 2. The van der Waals surface area contributed by atoms with Gasteiger partial charge in [-0.15, -0.1) is 0 Å². The van der Waals surface area contributed by atoms with Gasteiger partial charge in [0.15, 0.2) is 0 Å². The lowest BCUT2D eigenvalue weighted by atomic mass is 10.4. The van der Waals surface area contributed by atoms with Crippen LogP contribution < -0.4 is 5.32 Å². The van der Waals surface area contributed by atoms with Crippen LogP contribution in [-0.4, -0.2) is 31.2 Å². The van der Waals surface area contributed by atoms with Crippen molar-refractivity contribution in [2.24, 2.45) is 0 Å².